The number of benzene rings is 1. The molecule has 1 aromatic carbocycles. The van der Waals surface area contributed by atoms with Crippen molar-refractivity contribution in [2.75, 3.05) is 0 Å². The lowest BCUT2D eigenvalue weighted by Crippen LogP contribution is -2.21. The van der Waals surface area contributed by atoms with Crippen molar-refractivity contribution in [2.45, 2.75) is 6.54 Å². The fourth-order valence-electron chi connectivity index (χ4n) is 2.39. The quantitative estimate of drug-likeness (QED) is 0.593. The zero-order valence-electron chi connectivity index (χ0n) is 12.1. The topological polar surface area (TPSA) is 55.4 Å². The van der Waals surface area contributed by atoms with Crippen molar-refractivity contribution in [3.63, 3.8) is 0 Å². The van der Waals surface area contributed by atoms with Crippen LogP contribution in [0.4, 0.5) is 0 Å². The van der Waals surface area contributed by atoms with E-state index in [2.05, 4.69) is 5.32 Å². The molecule has 23 heavy (non-hydrogen) atoms. The molecule has 1 N–H and O–H groups in total. The molecule has 0 aliphatic carbocycles. The van der Waals surface area contributed by atoms with Gasteiger partial charge in [0.05, 0.1) is 12.8 Å². The van der Waals surface area contributed by atoms with Crippen molar-refractivity contribution in [1.29, 1.82) is 0 Å². The predicted molar refractivity (Wildman–Crippen MR) is 89.4 cm³/mol. The summed E-state index contributed by atoms with van der Waals surface area (Å²) in [6, 6.07) is 15.1. The maximum absolute atomic E-state index is 12.2. The van der Waals surface area contributed by atoms with E-state index in [1.54, 1.807) is 23.7 Å². The molecule has 0 saturated heterocycles. The minimum atomic E-state index is -0.214. The van der Waals surface area contributed by atoms with Crippen molar-refractivity contribution in [3.05, 3.63) is 70.8 Å². The van der Waals surface area contributed by atoms with Crippen LogP contribution in [-0.4, -0.2) is 5.91 Å². The van der Waals surface area contributed by atoms with Crippen LogP contribution in [-0.2, 0) is 6.54 Å². The van der Waals surface area contributed by atoms with Crippen LogP contribution >= 0.6 is 11.3 Å². The van der Waals surface area contributed by atoms with E-state index in [0.29, 0.717) is 17.9 Å². The minimum Gasteiger partial charge on any atom is -0.464 e. The van der Waals surface area contributed by atoms with Crippen molar-refractivity contribution in [3.8, 4) is 11.3 Å². The van der Waals surface area contributed by atoms with Crippen molar-refractivity contribution in [1.82, 2.24) is 5.32 Å². The molecule has 0 bridgehead atoms. The van der Waals surface area contributed by atoms with Gasteiger partial charge in [-0.15, -0.1) is 11.3 Å². The fourth-order valence-corrected chi connectivity index (χ4v) is 3.21. The van der Waals surface area contributed by atoms with Crippen molar-refractivity contribution < 1.29 is 13.6 Å². The van der Waals surface area contributed by atoms with Gasteiger partial charge in [0.1, 0.15) is 11.3 Å². The third kappa shape index (κ3) is 2.78. The first-order valence-electron chi connectivity index (χ1n) is 7.18. The highest BCUT2D eigenvalue weighted by Gasteiger charge is 2.12. The Balaban J connectivity index is 1.45. The van der Waals surface area contributed by atoms with Gasteiger partial charge in [0.25, 0.3) is 5.91 Å². The predicted octanol–water partition coefficient (Wildman–Crippen LogP) is 4.68. The number of nitrogens with one attached hydrogen (secondary N) is 1. The molecule has 0 fully saturated rings. The van der Waals surface area contributed by atoms with E-state index in [9.17, 15) is 4.79 Å². The van der Waals surface area contributed by atoms with Crippen LogP contribution < -0.4 is 5.32 Å². The van der Waals surface area contributed by atoms with Crippen LogP contribution in [0.1, 0.15) is 15.4 Å². The molecule has 0 spiro atoms. The number of fused-ring (bicyclic) bond motifs is 1. The molecule has 0 aliphatic rings. The first-order valence-corrected chi connectivity index (χ1v) is 8.05. The minimum absolute atomic E-state index is 0.214. The average molecular weight is 323 g/mol. The normalized spacial score (nSPS) is 11.0. The monoisotopic (exact) mass is 323 g/mol. The molecule has 114 valence electrons. The van der Waals surface area contributed by atoms with Crippen LogP contribution in [0.5, 0.6) is 0 Å². The molecule has 0 radical (unpaired) electrons. The number of para-hydroxylation sites is 1. The van der Waals surface area contributed by atoms with Gasteiger partial charge in [-0.3, -0.25) is 4.79 Å². The maximum atomic E-state index is 12.2. The zero-order valence-corrected chi connectivity index (χ0v) is 12.9. The molecule has 3 aromatic heterocycles. The molecular formula is C18H13NO3S. The molecule has 4 aromatic rings. The highest BCUT2D eigenvalue weighted by molar-refractivity contribution is 7.10. The first kappa shape index (κ1) is 13.8. The summed E-state index contributed by atoms with van der Waals surface area (Å²) < 4.78 is 10.9. The number of carbonyl (C=O) groups excluding carboxylic acids is 1. The summed E-state index contributed by atoms with van der Waals surface area (Å²) in [5.41, 5.74) is 1.74. The second kappa shape index (κ2) is 5.78. The summed E-state index contributed by atoms with van der Waals surface area (Å²) in [5.74, 6) is 0.944. The van der Waals surface area contributed by atoms with Crippen LogP contribution in [0.3, 0.4) is 0 Å². The Morgan fingerprint density at radius 1 is 1.13 bits per heavy atom. The Kier molecular flexibility index (Phi) is 3.48. The van der Waals surface area contributed by atoms with E-state index < -0.39 is 0 Å². The van der Waals surface area contributed by atoms with Crippen LogP contribution in [0, 0.1) is 0 Å². The summed E-state index contributed by atoms with van der Waals surface area (Å²) in [7, 11) is 0. The molecule has 0 unspecified atom stereocenters. The Labute approximate surface area is 136 Å². The van der Waals surface area contributed by atoms with Gasteiger partial charge in [0.2, 0.25) is 0 Å². The first-order chi connectivity index (χ1) is 11.3. The number of amides is 1. The van der Waals surface area contributed by atoms with Crippen LogP contribution in [0.2, 0.25) is 0 Å². The van der Waals surface area contributed by atoms with Crippen molar-refractivity contribution >= 4 is 28.2 Å². The SMILES string of the molecule is O=C(NCc1cc(-c2ccco2)cs1)c1cc2ccccc2o1. The Morgan fingerprint density at radius 2 is 2.04 bits per heavy atom. The molecular weight excluding hydrogens is 310 g/mol. The Bertz CT molecular complexity index is 917. The van der Waals surface area contributed by atoms with E-state index >= 15 is 0 Å². The Hall–Kier alpha value is -2.79. The van der Waals surface area contributed by atoms with Gasteiger partial charge in [0.15, 0.2) is 5.76 Å². The molecule has 1 amide bonds. The van der Waals surface area contributed by atoms with Gasteiger partial charge >= 0.3 is 0 Å². The smallest absolute Gasteiger partial charge is 0.287 e. The number of carbonyl (C=O) groups is 1. The fraction of sp³-hybridized carbons (Fsp3) is 0.0556. The van der Waals surface area contributed by atoms with Gasteiger partial charge in [-0.05, 0) is 30.3 Å². The largest absolute Gasteiger partial charge is 0.464 e. The molecule has 4 nitrogen and oxygen atoms in total. The molecule has 5 heteroatoms. The van der Waals surface area contributed by atoms with Gasteiger partial charge in [-0.25, -0.2) is 0 Å². The van der Waals surface area contributed by atoms with E-state index in [0.717, 1.165) is 21.6 Å². The van der Waals surface area contributed by atoms with E-state index in [1.165, 1.54) is 0 Å². The summed E-state index contributed by atoms with van der Waals surface area (Å²) in [6.07, 6.45) is 1.65. The van der Waals surface area contributed by atoms with E-state index in [4.69, 9.17) is 8.83 Å². The molecule has 4 rings (SSSR count). The highest BCUT2D eigenvalue weighted by atomic mass is 32.1. The molecule has 3 heterocycles. The Morgan fingerprint density at radius 3 is 2.87 bits per heavy atom. The third-order valence-electron chi connectivity index (χ3n) is 3.53. The second-order valence-corrected chi connectivity index (χ2v) is 6.11. The van der Waals surface area contributed by atoms with Crippen molar-refractivity contribution in [2.24, 2.45) is 0 Å². The highest BCUT2D eigenvalue weighted by Crippen LogP contribution is 2.26. The number of hydrogen-bond donors (Lipinski definition) is 1. The number of hydrogen-bond acceptors (Lipinski definition) is 4. The van der Waals surface area contributed by atoms with Gasteiger partial charge in [-0.1, -0.05) is 18.2 Å². The number of furan rings is 2. The van der Waals surface area contributed by atoms with Gasteiger partial charge in [0, 0.05) is 21.2 Å². The summed E-state index contributed by atoms with van der Waals surface area (Å²) in [5, 5.41) is 5.82. The van der Waals surface area contributed by atoms with Crippen LogP contribution in [0.15, 0.2) is 69.0 Å². The van der Waals surface area contributed by atoms with E-state index in [1.807, 2.05) is 47.8 Å². The standard InChI is InChI=1S/C18H13NO3S/c20-18(17-9-12-4-1-2-5-16(12)22-17)19-10-14-8-13(11-23-14)15-6-3-7-21-15/h1-9,11H,10H2,(H,19,20). The second-order valence-electron chi connectivity index (χ2n) is 5.11. The zero-order chi connectivity index (χ0) is 15.6. The third-order valence-corrected chi connectivity index (χ3v) is 4.47. The lowest BCUT2D eigenvalue weighted by atomic mass is 10.2. The summed E-state index contributed by atoms with van der Waals surface area (Å²) >= 11 is 1.58. The van der Waals surface area contributed by atoms with Gasteiger partial charge < -0.3 is 14.2 Å². The average Bonchev–Trinajstić information content (AvgIpc) is 3.31. The molecule has 0 saturated carbocycles. The lowest BCUT2D eigenvalue weighted by Gasteiger charge is -2.00. The van der Waals surface area contributed by atoms with E-state index in [-0.39, 0.29) is 5.91 Å². The molecule has 0 atom stereocenters. The summed E-state index contributed by atoms with van der Waals surface area (Å²) in [4.78, 5) is 13.3. The summed E-state index contributed by atoms with van der Waals surface area (Å²) in [6.45, 7) is 0.460. The maximum Gasteiger partial charge on any atom is 0.287 e. The lowest BCUT2D eigenvalue weighted by molar-refractivity contribution is 0.0925. The molecule has 0 aliphatic heterocycles. The number of rotatable bonds is 4. The van der Waals surface area contributed by atoms with Gasteiger partial charge in [-0.2, -0.15) is 0 Å². The number of thiophene rings is 1. The van der Waals surface area contributed by atoms with Crippen LogP contribution in [0.25, 0.3) is 22.3 Å².